The number of benzene rings is 2. The number of allylic oxidation sites excluding steroid dienone is 1. The molecule has 0 aliphatic carbocycles. The Bertz CT molecular complexity index is 1080. The van der Waals surface area contributed by atoms with E-state index >= 15 is 0 Å². The molecule has 0 aromatic heterocycles. The summed E-state index contributed by atoms with van der Waals surface area (Å²) in [5, 5.41) is 17.0. The average Bonchev–Trinajstić information content (AvgIpc) is 2.74. The van der Waals surface area contributed by atoms with Gasteiger partial charge in [-0.1, -0.05) is 6.07 Å². The van der Waals surface area contributed by atoms with Gasteiger partial charge in [0.2, 0.25) is 0 Å². The fourth-order valence-corrected chi connectivity index (χ4v) is 3.18. The number of hydrogen-bond donors (Lipinski definition) is 4. The largest absolute Gasteiger partial charge is 0.493 e. The van der Waals surface area contributed by atoms with Crippen LogP contribution in [0.1, 0.15) is 25.5 Å². The molecule has 1 heterocycles. The summed E-state index contributed by atoms with van der Waals surface area (Å²) >= 11 is 0. The quantitative estimate of drug-likeness (QED) is 0.521. The van der Waals surface area contributed by atoms with Crippen molar-refractivity contribution in [2.75, 3.05) is 12.4 Å². The third-order valence-corrected chi connectivity index (χ3v) is 4.79. The summed E-state index contributed by atoms with van der Waals surface area (Å²) in [5.41, 5.74) is 1.48. The third kappa shape index (κ3) is 4.97. The Morgan fingerprint density at radius 1 is 1.16 bits per heavy atom. The number of amides is 3. The molecule has 3 amide bonds. The van der Waals surface area contributed by atoms with E-state index < -0.39 is 35.9 Å². The second-order valence-corrected chi connectivity index (χ2v) is 7.04. The molecule has 0 saturated carbocycles. The zero-order chi connectivity index (χ0) is 23.4. The van der Waals surface area contributed by atoms with Crippen LogP contribution >= 0.6 is 0 Å². The monoisotopic (exact) mass is 443 g/mol. The van der Waals surface area contributed by atoms with Crippen molar-refractivity contribution in [3.05, 3.63) is 65.1 Å². The number of carbonyl (C=O) groups is 3. The van der Waals surface area contributed by atoms with E-state index in [1.54, 1.807) is 19.1 Å². The van der Waals surface area contributed by atoms with Crippen LogP contribution in [0.15, 0.2) is 53.7 Å². The van der Waals surface area contributed by atoms with Crippen molar-refractivity contribution in [2.45, 2.75) is 26.0 Å². The van der Waals surface area contributed by atoms with Crippen molar-refractivity contribution < 1.29 is 33.4 Å². The molecule has 3 rings (SSSR count). The number of aliphatic carboxylic acids is 1. The number of anilines is 1. The van der Waals surface area contributed by atoms with Gasteiger partial charge in [0.1, 0.15) is 5.82 Å². The van der Waals surface area contributed by atoms with Crippen LogP contribution in [0.3, 0.4) is 0 Å². The minimum atomic E-state index is -1.14. The Morgan fingerprint density at radius 2 is 1.84 bits per heavy atom. The average molecular weight is 443 g/mol. The van der Waals surface area contributed by atoms with Crippen LogP contribution in [0.25, 0.3) is 0 Å². The summed E-state index contributed by atoms with van der Waals surface area (Å²) in [6.07, 6.45) is -1.10. The minimum Gasteiger partial charge on any atom is -0.493 e. The van der Waals surface area contributed by atoms with Gasteiger partial charge in [-0.25, -0.2) is 14.0 Å². The predicted octanol–water partition coefficient (Wildman–Crippen LogP) is 2.95. The van der Waals surface area contributed by atoms with E-state index in [4.69, 9.17) is 14.6 Å². The third-order valence-electron chi connectivity index (χ3n) is 4.79. The standard InChI is InChI=1S/C22H22FN3O6/c1-11-18(20(27)25-15-7-5-14(23)6-8-15)19(26-22(30)24-11)13-4-9-16(17(10-13)31-3)32-12(2)21(28)29/h4-10,12,19H,1-3H3,(H,25,27)(H,28,29)(H2,24,26,30)/t12-,19-/m1/s1. The molecule has 4 N–H and O–H groups in total. The van der Waals surface area contributed by atoms with Crippen molar-refractivity contribution in [3.8, 4) is 11.5 Å². The SMILES string of the molecule is COc1cc([C@H]2NC(=O)NC(C)=C2C(=O)Nc2ccc(F)cc2)ccc1O[C@H](C)C(=O)O. The molecule has 2 aromatic rings. The molecule has 2 atom stereocenters. The van der Waals surface area contributed by atoms with Crippen LogP contribution in [0.4, 0.5) is 14.9 Å². The molecule has 168 valence electrons. The Labute approximate surface area is 183 Å². The van der Waals surface area contributed by atoms with E-state index in [2.05, 4.69) is 16.0 Å². The lowest BCUT2D eigenvalue weighted by Crippen LogP contribution is -2.46. The van der Waals surface area contributed by atoms with Crippen molar-refractivity contribution in [1.82, 2.24) is 10.6 Å². The number of hydrogen-bond acceptors (Lipinski definition) is 5. The molecule has 32 heavy (non-hydrogen) atoms. The van der Waals surface area contributed by atoms with Gasteiger partial charge in [0.25, 0.3) is 5.91 Å². The van der Waals surface area contributed by atoms with Crippen LogP contribution in [0.2, 0.25) is 0 Å². The Balaban J connectivity index is 1.93. The highest BCUT2D eigenvalue weighted by molar-refractivity contribution is 6.06. The van der Waals surface area contributed by atoms with Gasteiger partial charge in [-0.05, 0) is 55.8 Å². The van der Waals surface area contributed by atoms with Gasteiger partial charge in [0.05, 0.1) is 18.7 Å². The molecular formula is C22H22FN3O6. The van der Waals surface area contributed by atoms with Crippen LogP contribution in [-0.2, 0) is 9.59 Å². The number of halogens is 1. The highest BCUT2D eigenvalue weighted by Gasteiger charge is 2.32. The topological polar surface area (TPSA) is 126 Å². The number of nitrogens with one attached hydrogen (secondary N) is 3. The molecule has 10 heteroatoms. The summed E-state index contributed by atoms with van der Waals surface area (Å²) in [7, 11) is 1.39. The zero-order valence-electron chi connectivity index (χ0n) is 17.6. The van der Waals surface area contributed by atoms with Crippen LogP contribution in [0.5, 0.6) is 11.5 Å². The molecule has 0 bridgehead atoms. The van der Waals surface area contributed by atoms with E-state index in [9.17, 15) is 18.8 Å². The van der Waals surface area contributed by atoms with E-state index in [-0.39, 0.29) is 17.1 Å². The van der Waals surface area contributed by atoms with Crippen LogP contribution in [0, 0.1) is 5.82 Å². The number of carboxylic acids is 1. The van der Waals surface area contributed by atoms with E-state index in [0.29, 0.717) is 16.9 Å². The number of urea groups is 1. The van der Waals surface area contributed by atoms with Crippen LogP contribution < -0.4 is 25.4 Å². The van der Waals surface area contributed by atoms with Crippen LogP contribution in [-0.4, -0.2) is 36.2 Å². The molecule has 1 aliphatic heterocycles. The van der Waals surface area contributed by atoms with Crippen molar-refractivity contribution in [2.24, 2.45) is 0 Å². The second-order valence-electron chi connectivity index (χ2n) is 7.04. The number of rotatable bonds is 7. The van der Waals surface area contributed by atoms with Gasteiger partial charge in [-0.2, -0.15) is 0 Å². The summed E-state index contributed by atoms with van der Waals surface area (Å²) in [6, 6.07) is 8.62. The maximum absolute atomic E-state index is 13.2. The molecule has 1 aliphatic rings. The Hall–Kier alpha value is -4.08. The first-order valence-electron chi connectivity index (χ1n) is 9.62. The number of methoxy groups -OCH3 is 1. The Morgan fingerprint density at radius 3 is 2.47 bits per heavy atom. The molecule has 0 unspecified atom stereocenters. The summed E-state index contributed by atoms with van der Waals surface area (Å²) in [6.45, 7) is 2.97. The van der Waals surface area contributed by atoms with Gasteiger partial charge in [-0.3, -0.25) is 4.79 Å². The molecule has 2 aromatic carbocycles. The molecule has 0 fully saturated rings. The Kier molecular flexibility index (Phi) is 6.62. The van der Waals surface area contributed by atoms with Gasteiger partial charge in [0.15, 0.2) is 17.6 Å². The summed E-state index contributed by atoms with van der Waals surface area (Å²) in [4.78, 5) is 36.2. The first kappa shape index (κ1) is 22.6. The molecule has 0 spiro atoms. The first-order valence-corrected chi connectivity index (χ1v) is 9.62. The highest BCUT2D eigenvalue weighted by Crippen LogP contribution is 2.35. The molecule has 9 nitrogen and oxygen atoms in total. The molecular weight excluding hydrogens is 421 g/mol. The van der Waals surface area contributed by atoms with E-state index in [0.717, 1.165) is 0 Å². The smallest absolute Gasteiger partial charge is 0.344 e. The minimum absolute atomic E-state index is 0.199. The van der Waals surface area contributed by atoms with E-state index in [1.807, 2.05) is 0 Å². The van der Waals surface area contributed by atoms with E-state index in [1.165, 1.54) is 44.4 Å². The second kappa shape index (κ2) is 9.38. The van der Waals surface area contributed by atoms with Gasteiger partial charge >= 0.3 is 12.0 Å². The van der Waals surface area contributed by atoms with Gasteiger partial charge in [0, 0.05) is 11.4 Å². The first-order chi connectivity index (χ1) is 15.2. The fraction of sp³-hybridized carbons (Fsp3) is 0.227. The maximum Gasteiger partial charge on any atom is 0.344 e. The zero-order valence-corrected chi connectivity index (χ0v) is 17.6. The lowest BCUT2D eigenvalue weighted by molar-refractivity contribution is -0.144. The van der Waals surface area contributed by atoms with Crippen molar-refractivity contribution in [1.29, 1.82) is 0 Å². The number of ether oxygens (including phenoxy) is 2. The highest BCUT2D eigenvalue weighted by atomic mass is 19.1. The number of carboxylic acid groups (broad SMARTS) is 1. The summed E-state index contributed by atoms with van der Waals surface area (Å²) in [5.74, 6) is -1.64. The normalized spacial score (nSPS) is 16.5. The van der Waals surface area contributed by atoms with Gasteiger partial charge < -0.3 is 30.5 Å². The molecule has 0 radical (unpaired) electrons. The lowest BCUT2D eigenvalue weighted by atomic mass is 9.94. The summed E-state index contributed by atoms with van der Waals surface area (Å²) < 4.78 is 23.9. The van der Waals surface area contributed by atoms with Gasteiger partial charge in [-0.15, -0.1) is 0 Å². The fourth-order valence-electron chi connectivity index (χ4n) is 3.18. The molecule has 0 saturated heterocycles. The predicted molar refractivity (Wildman–Crippen MR) is 113 cm³/mol. The van der Waals surface area contributed by atoms with Crippen molar-refractivity contribution in [3.63, 3.8) is 0 Å². The maximum atomic E-state index is 13.2. The van der Waals surface area contributed by atoms with Crippen molar-refractivity contribution >= 4 is 23.6 Å². The number of carbonyl (C=O) groups excluding carboxylic acids is 2. The lowest BCUT2D eigenvalue weighted by Gasteiger charge is -2.29.